The molecule has 0 bridgehead atoms. The molecular weight excluding hydrogens is 350 g/mol. The minimum atomic E-state index is -5.64. The minimum absolute atomic E-state index is 0.0411. The predicted octanol–water partition coefficient (Wildman–Crippen LogP) is 3.49. The maximum absolute atomic E-state index is 13.4. The molecular formula is C15H17F4NO3S. The Balaban J connectivity index is 1.94. The van der Waals surface area contributed by atoms with Gasteiger partial charge in [-0.2, -0.15) is 13.2 Å². The zero-order valence-corrected chi connectivity index (χ0v) is 13.5. The number of halogens is 4. The summed E-state index contributed by atoms with van der Waals surface area (Å²) in [4.78, 5) is -1.07. The van der Waals surface area contributed by atoms with Crippen LogP contribution in [0.15, 0.2) is 23.1 Å². The third kappa shape index (κ3) is 3.11. The van der Waals surface area contributed by atoms with E-state index < -0.39 is 26.1 Å². The van der Waals surface area contributed by atoms with E-state index in [-0.39, 0.29) is 23.8 Å². The highest BCUT2D eigenvalue weighted by atomic mass is 32.2. The third-order valence-corrected chi connectivity index (χ3v) is 6.19. The second kappa shape index (κ2) is 6.18. The highest BCUT2D eigenvalue weighted by molar-refractivity contribution is 7.92. The number of fused-ring (bicyclic) bond motifs is 1. The lowest BCUT2D eigenvalue weighted by Gasteiger charge is -2.34. The van der Waals surface area contributed by atoms with E-state index in [0.717, 1.165) is 31.4 Å². The molecule has 2 aliphatic rings. The van der Waals surface area contributed by atoms with Gasteiger partial charge in [0.15, 0.2) is 0 Å². The molecule has 134 valence electrons. The number of alkyl halides is 3. The van der Waals surface area contributed by atoms with Gasteiger partial charge in [-0.1, -0.05) is 0 Å². The van der Waals surface area contributed by atoms with Crippen LogP contribution in [-0.4, -0.2) is 32.7 Å². The average Bonchev–Trinajstić information content (AvgIpc) is 2.97. The Hall–Kier alpha value is -1.35. The topological polar surface area (TPSA) is 55.4 Å². The van der Waals surface area contributed by atoms with E-state index in [2.05, 4.69) is 5.32 Å². The second-order valence-corrected chi connectivity index (χ2v) is 8.04. The second-order valence-electron chi connectivity index (χ2n) is 6.13. The van der Waals surface area contributed by atoms with Crippen LogP contribution < -0.4 is 5.32 Å². The molecule has 0 amide bonds. The van der Waals surface area contributed by atoms with E-state index in [4.69, 9.17) is 4.74 Å². The monoisotopic (exact) mass is 367 g/mol. The SMILES string of the molecule is O=S(=O)(c1cc(F)ccc1NC1CCCC2OCCC12)C(F)(F)F. The lowest BCUT2D eigenvalue weighted by Crippen LogP contribution is -2.38. The van der Waals surface area contributed by atoms with Gasteiger partial charge in [0.05, 0.1) is 11.8 Å². The first kappa shape index (κ1) is 17.5. The van der Waals surface area contributed by atoms with Crippen molar-refractivity contribution in [2.45, 2.75) is 48.2 Å². The molecule has 9 heteroatoms. The third-order valence-electron chi connectivity index (χ3n) is 4.66. The molecule has 3 atom stereocenters. The Labute approximate surface area is 137 Å². The first-order valence-corrected chi connectivity index (χ1v) is 9.17. The van der Waals surface area contributed by atoms with Crippen molar-refractivity contribution in [1.82, 2.24) is 0 Å². The van der Waals surface area contributed by atoms with Gasteiger partial charge in [0, 0.05) is 18.6 Å². The predicted molar refractivity (Wildman–Crippen MR) is 78.7 cm³/mol. The fourth-order valence-corrected chi connectivity index (χ4v) is 4.45. The lowest BCUT2D eigenvalue weighted by molar-refractivity contribution is -0.0435. The molecule has 3 unspecified atom stereocenters. The molecule has 0 aromatic heterocycles. The van der Waals surface area contributed by atoms with Gasteiger partial charge in [-0.05, 0) is 43.9 Å². The summed E-state index contributed by atoms with van der Waals surface area (Å²) in [6, 6.07) is 2.21. The standard InChI is InChI=1S/C15H17F4NO3S/c16-9-4-5-12(14(8-9)24(21,22)15(17,18)19)20-11-2-1-3-13-10(11)6-7-23-13/h4-5,8,10-11,13,20H,1-3,6-7H2. The van der Waals surface area contributed by atoms with Crippen LogP contribution in [0.4, 0.5) is 23.2 Å². The number of benzene rings is 1. The van der Waals surface area contributed by atoms with Crippen LogP contribution in [0.5, 0.6) is 0 Å². The summed E-state index contributed by atoms with van der Waals surface area (Å²) >= 11 is 0. The number of hydrogen-bond acceptors (Lipinski definition) is 4. The molecule has 1 aromatic carbocycles. The van der Waals surface area contributed by atoms with Crippen molar-refractivity contribution in [1.29, 1.82) is 0 Å². The van der Waals surface area contributed by atoms with Crippen molar-refractivity contribution in [3.8, 4) is 0 Å². The first-order valence-electron chi connectivity index (χ1n) is 7.69. The Bertz CT molecular complexity index is 720. The molecule has 0 radical (unpaired) electrons. The van der Waals surface area contributed by atoms with Crippen LogP contribution >= 0.6 is 0 Å². The number of nitrogens with one attached hydrogen (secondary N) is 1. The van der Waals surface area contributed by atoms with Crippen molar-refractivity contribution >= 4 is 15.5 Å². The number of anilines is 1. The van der Waals surface area contributed by atoms with E-state index >= 15 is 0 Å². The van der Waals surface area contributed by atoms with Crippen LogP contribution in [-0.2, 0) is 14.6 Å². The van der Waals surface area contributed by atoms with Gasteiger partial charge in [-0.25, -0.2) is 12.8 Å². The fourth-order valence-electron chi connectivity index (χ4n) is 3.52. The summed E-state index contributed by atoms with van der Waals surface area (Å²) < 4.78 is 81.1. The van der Waals surface area contributed by atoms with Crippen LogP contribution in [0.25, 0.3) is 0 Å². The zero-order chi connectivity index (χ0) is 17.5. The quantitative estimate of drug-likeness (QED) is 0.831. The molecule has 2 fully saturated rings. The maximum Gasteiger partial charge on any atom is 0.501 e. The van der Waals surface area contributed by atoms with Gasteiger partial charge in [-0.15, -0.1) is 0 Å². The van der Waals surface area contributed by atoms with E-state index in [0.29, 0.717) is 19.1 Å². The number of rotatable bonds is 3. The Morgan fingerprint density at radius 2 is 1.92 bits per heavy atom. The van der Waals surface area contributed by atoms with Gasteiger partial charge in [0.1, 0.15) is 10.7 Å². The van der Waals surface area contributed by atoms with Gasteiger partial charge < -0.3 is 10.1 Å². The molecule has 1 saturated carbocycles. The van der Waals surface area contributed by atoms with Crippen LogP contribution in [0.1, 0.15) is 25.7 Å². The average molecular weight is 367 g/mol. The molecule has 24 heavy (non-hydrogen) atoms. The summed E-state index contributed by atoms with van der Waals surface area (Å²) in [5.41, 5.74) is -5.70. The van der Waals surface area contributed by atoms with Crippen LogP contribution in [0.2, 0.25) is 0 Å². The van der Waals surface area contributed by atoms with E-state index in [1.807, 2.05) is 0 Å². The van der Waals surface area contributed by atoms with Crippen LogP contribution in [0, 0.1) is 11.7 Å². The summed E-state index contributed by atoms with van der Waals surface area (Å²) in [7, 11) is -5.64. The molecule has 0 spiro atoms. The first-order chi connectivity index (χ1) is 11.2. The van der Waals surface area contributed by atoms with Gasteiger partial charge in [0.2, 0.25) is 0 Å². The van der Waals surface area contributed by atoms with Crippen molar-refractivity contribution in [2.75, 3.05) is 11.9 Å². The molecule has 4 nitrogen and oxygen atoms in total. The van der Waals surface area contributed by atoms with Gasteiger partial charge >= 0.3 is 5.51 Å². The van der Waals surface area contributed by atoms with E-state index in [1.165, 1.54) is 0 Å². The number of sulfone groups is 1. The maximum atomic E-state index is 13.4. The van der Waals surface area contributed by atoms with Crippen LogP contribution in [0.3, 0.4) is 0 Å². The Morgan fingerprint density at radius 1 is 1.17 bits per heavy atom. The Morgan fingerprint density at radius 3 is 2.62 bits per heavy atom. The summed E-state index contributed by atoms with van der Waals surface area (Å²) in [5, 5.41) is 2.90. The highest BCUT2D eigenvalue weighted by Crippen LogP contribution is 2.39. The van der Waals surface area contributed by atoms with Crippen molar-refractivity contribution < 1.29 is 30.7 Å². The number of hydrogen-bond donors (Lipinski definition) is 1. The fraction of sp³-hybridized carbons (Fsp3) is 0.600. The molecule has 3 rings (SSSR count). The van der Waals surface area contributed by atoms with E-state index in [1.54, 1.807) is 0 Å². The van der Waals surface area contributed by atoms with Crippen molar-refractivity contribution in [3.05, 3.63) is 24.0 Å². The molecule has 1 aliphatic heterocycles. The summed E-state index contributed by atoms with van der Waals surface area (Å²) in [5.74, 6) is -0.917. The lowest BCUT2D eigenvalue weighted by atomic mass is 9.81. The van der Waals surface area contributed by atoms with Crippen molar-refractivity contribution in [2.24, 2.45) is 5.92 Å². The molecule has 1 saturated heterocycles. The summed E-state index contributed by atoms with van der Waals surface area (Å²) in [6.07, 6.45) is 3.24. The molecule has 1 heterocycles. The minimum Gasteiger partial charge on any atom is -0.381 e. The van der Waals surface area contributed by atoms with Crippen molar-refractivity contribution in [3.63, 3.8) is 0 Å². The molecule has 1 aliphatic carbocycles. The molecule has 1 N–H and O–H groups in total. The largest absolute Gasteiger partial charge is 0.501 e. The summed E-state index contributed by atoms with van der Waals surface area (Å²) in [6.45, 7) is 0.588. The normalized spacial score (nSPS) is 27.8. The van der Waals surface area contributed by atoms with E-state index in [9.17, 15) is 26.0 Å². The Kier molecular flexibility index (Phi) is 4.50. The highest BCUT2D eigenvalue weighted by Gasteiger charge is 2.48. The smallest absolute Gasteiger partial charge is 0.381 e. The number of ether oxygens (including phenoxy) is 1. The van der Waals surface area contributed by atoms with Gasteiger partial charge in [0.25, 0.3) is 9.84 Å². The zero-order valence-electron chi connectivity index (χ0n) is 12.6. The van der Waals surface area contributed by atoms with Gasteiger partial charge in [-0.3, -0.25) is 0 Å². The molecule has 1 aromatic rings.